The van der Waals surface area contributed by atoms with Gasteiger partial charge in [-0.3, -0.25) is 4.79 Å². The predicted molar refractivity (Wildman–Crippen MR) is 123 cm³/mol. The van der Waals surface area contributed by atoms with Gasteiger partial charge in [-0.25, -0.2) is 0 Å². The lowest BCUT2D eigenvalue weighted by Crippen LogP contribution is -2.39. The van der Waals surface area contributed by atoms with Crippen LogP contribution in [0.25, 0.3) is 16.7 Å². The highest BCUT2D eigenvalue weighted by Gasteiger charge is 2.17. The molecule has 30 heavy (non-hydrogen) atoms. The predicted octanol–water partition coefficient (Wildman–Crippen LogP) is 5.95. The number of carbonyl (C=O) groups is 1. The van der Waals surface area contributed by atoms with Crippen molar-refractivity contribution in [1.29, 1.82) is 0 Å². The zero-order valence-electron chi connectivity index (χ0n) is 16.4. The van der Waals surface area contributed by atoms with Crippen molar-refractivity contribution in [3.63, 3.8) is 0 Å². The van der Waals surface area contributed by atoms with Crippen LogP contribution in [0.15, 0.2) is 78.9 Å². The standard InChI is InChI=1S/C25H21Cl2NO2/c26-22-14-21(15-23(27)16-22)24(17-25(29)28-10-12-30-13-11-28)20-8-6-19(7-9-20)18-4-2-1-3-5-18/h1-9,14-17H,10-13H2. The Kier molecular flexibility index (Phi) is 6.53. The molecule has 5 heteroatoms. The molecule has 1 aliphatic rings. The highest BCUT2D eigenvalue weighted by Crippen LogP contribution is 2.30. The first-order valence-electron chi connectivity index (χ1n) is 9.81. The number of ether oxygens (including phenoxy) is 1. The highest BCUT2D eigenvalue weighted by molar-refractivity contribution is 6.35. The average molecular weight is 438 g/mol. The van der Waals surface area contributed by atoms with Gasteiger partial charge in [0, 0.05) is 29.2 Å². The summed E-state index contributed by atoms with van der Waals surface area (Å²) in [6, 6.07) is 23.7. The van der Waals surface area contributed by atoms with Gasteiger partial charge < -0.3 is 9.64 Å². The lowest BCUT2D eigenvalue weighted by Gasteiger charge is -2.26. The van der Waals surface area contributed by atoms with E-state index in [-0.39, 0.29) is 5.91 Å². The van der Waals surface area contributed by atoms with E-state index in [4.69, 9.17) is 27.9 Å². The number of hydrogen-bond acceptors (Lipinski definition) is 2. The summed E-state index contributed by atoms with van der Waals surface area (Å²) >= 11 is 12.5. The fourth-order valence-corrected chi connectivity index (χ4v) is 4.04. The fraction of sp³-hybridized carbons (Fsp3) is 0.160. The minimum Gasteiger partial charge on any atom is -0.378 e. The molecule has 1 saturated heterocycles. The summed E-state index contributed by atoms with van der Waals surface area (Å²) in [6.45, 7) is 2.30. The van der Waals surface area contributed by atoms with E-state index in [1.54, 1.807) is 17.0 Å². The molecule has 3 aromatic rings. The molecule has 0 bridgehead atoms. The molecular weight excluding hydrogens is 417 g/mol. The van der Waals surface area contributed by atoms with Crippen LogP contribution in [0.5, 0.6) is 0 Å². The van der Waals surface area contributed by atoms with Crippen molar-refractivity contribution in [2.45, 2.75) is 0 Å². The third-order valence-electron chi connectivity index (χ3n) is 5.07. The molecule has 0 atom stereocenters. The summed E-state index contributed by atoms with van der Waals surface area (Å²) < 4.78 is 5.36. The van der Waals surface area contributed by atoms with Crippen molar-refractivity contribution in [3.05, 3.63) is 100 Å². The minimum absolute atomic E-state index is 0.0449. The van der Waals surface area contributed by atoms with Gasteiger partial charge in [-0.1, -0.05) is 77.8 Å². The third-order valence-corrected chi connectivity index (χ3v) is 5.50. The summed E-state index contributed by atoms with van der Waals surface area (Å²) in [6.07, 6.45) is 1.67. The van der Waals surface area contributed by atoms with E-state index in [0.717, 1.165) is 27.8 Å². The first kappa shape index (κ1) is 20.7. The number of benzene rings is 3. The Hall–Kier alpha value is -2.59. The lowest BCUT2D eigenvalue weighted by atomic mass is 9.95. The van der Waals surface area contributed by atoms with Crippen LogP contribution in [0.2, 0.25) is 10.0 Å². The van der Waals surface area contributed by atoms with Crippen LogP contribution >= 0.6 is 23.2 Å². The number of morpholine rings is 1. The Balaban J connectivity index is 1.73. The molecule has 4 rings (SSSR count). The molecular formula is C25H21Cl2NO2. The Morgan fingerprint density at radius 1 is 0.800 bits per heavy atom. The van der Waals surface area contributed by atoms with Crippen LogP contribution in [0.1, 0.15) is 11.1 Å². The molecule has 0 saturated carbocycles. The SMILES string of the molecule is O=C(C=C(c1ccc(-c2ccccc2)cc1)c1cc(Cl)cc(Cl)c1)N1CCOCC1. The van der Waals surface area contributed by atoms with E-state index < -0.39 is 0 Å². The summed E-state index contributed by atoms with van der Waals surface area (Å²) in [7, 11) is 0. The summed E-state index contributed by atoms with van der Waals surface area (Å²) in [5.41, 5.74) is 4.78. The Bertz CT molecular complexity index is 1040. The van der Waals surface area contributed by atoms with Gasteiger partial charge in [0.2, 0.25) is 5.91 Å². The van der Waals surface area contributed by atoms with Crippen molar-refractivity contribution in [2.24, 2.45) is 0 Å². The number of halogens is 2. The van der Waals surface area contributed by atoms with Gasteiger partial charge >= 0.3 is 0 Å². The van der Waals surface area contributed by atoms with Crippen LogP contribution < -0.4 is 0 Å². The van der Waals surface area contributed by atoms with E-state index in [1.165, 1.54) is 0 Å². The van der Waals surface area contributed by atoms with Crippen molar-refractivity contribution >= 4 is 34.7 Å². The summed E-state index contributed by atoms with van der Waals surface area (Å²) in [5.74, 6) is -0.0449. The van der Waals surface area contributed by atoms with Gasteiger partial charge in [0.15, 0.2) is 0 Å². The fourth-order valence-electron chi connectivity index (χ4n) is 3.51. The molecule has 0 aromatic heterocycles. The van der Waals surface area contributed by atoms with Crippen molar-refractivity contribution in [3.8, 4) is 11.1 Å². The Labute approximate surface area is 186 Å². The zero-order chi connectivity index (χ0) is 20.9. The van der Waals surface area contributed by atoms with E-state index in [0.29, 0.717) is 36.3 Å². The van der Waals surface area contributed by atoms with E-state index in [2.05, 4.69) is 24.3 Å². The molecule has 0 aliphatic carbocycles. The van der Waals surface area contributed by atoms with Crippen LogP contribution in [-0.4, -0.2) is 37.1 Å². The molecule has 0 unspecified atom stereocenters. The van der Waals surface area contributed by atoms with E-state index in [9.17, 15) is 4.79 Å². The first-order chi connectivity index (χ1) is 14.6. The summed E-state index contributed by atoms with van der Waals surface area (Å²) in [5, 5.41) is 1.06. The van der Waals surface area contributed by atoms with E-state index >= 15 is 0 Å². The maximum absolute atomic E-state index is 12.9. The molecule has 1 heterocycles. The molecule has 3 nitrogen and oxygen atoms in total. The first-order valence-corrected chi connectivity index (χ1v) is 10.6. The third kappa shape index (κ3) is 4.93. The minimum atomic E-state index is -0.0449. The lowest BCUT2D eigenvalue weighted by molar-refractivity contribution is -0.129. The molecule has 0 radical (unpaired) electrons. The number of nitrogens with zero attached hydrogens (tertiary/aromatic N) is 1. The maximum Gasteiger partial charge on any atom is 0.247 e. The molecule has 0 spiro atoms. The quantitative estimate of drug-likeness (QED) is 0.471. The Morgan fingerprint density at radius 3 is 2.03 bits per heavy atom. The Morgan fingerprint density at radius 2 is 1.40 bits per heavy atom. The largest absolute Gasteiger partial charge is 0.378 e. The van der Waals surface area contributed by atoms with Gasteiger partial charge in [0.1, 0.15) is 0 Å². The number of rotatable bonds is 4. The second kappa shape index (κ2) is 9.48. The topological polar surface area (TPSA) is 29.5 Å². The second-order valence-electron chi connectivity index (χ2n) is 7.10. The molecule has 3 aromatic carbocycles. The van der Waals surface area contributed by atoms with Gasteiger partial charge in [-0.15, -0.1) is 0 Å². The maximum atomic E-state index is 12.9. The van der Waals surface area contributed by atoms with Gasteiger partial charge in [-0.2, -0.15) is 0 Å². The van der Waals surface area contributed by atoms with Crippen molar-refractivity contribution in [2.75, 3.05) is 26.3 Å². The van der Waals surface area contributed by atoms with Gasteiger partial charge in [0.05, 0.1) is 13.2 Å². The molecule has 1 fully saturated rings. The molecule has 0 N–H and O–H groups in total. The van der Waals surface area contributed by atoms with E-state index in [1.807, 2.05) is 42.5 Å². The van der Waals surface area contributed by atoms with Gasteiger partial charge in [-0.05, 0) is 46.0 Å². The van der Waals surface area contributed by atoms with Crippen molar-refractivity contribution < 1.29 is 9.53 Å². The van der Waals surface area contributed by atoms with Crippen LogP contribution in [0.4, 0.5) is 0 Å². The van der Waals surface area contributed by atoms with Gasteiger partial charge in [0.25, 0.3) is 0 Å². The second-order valence-corrected chi connectivity index (χ2v) is 7.97. The van der Waals surface area contributed by atoms with Crippen LogP contribution in [0.3, 0.4) is 0 Å². The highest BCUT2D eigenvalue weighted by atomic mass is 35.5. The smallest absolute Gasteiger partial charge is 0.247 e. The average Bonchev–Trinajstić information content (AvgIpc) is 2.78. The van der Waals surface area contributed by atoms with Crippen LogP contribution in [0, 0.1) is 0 Å². The van der Waals surface area contributed by atoms with Crippen molar-refractivity contribution in [1.82, 2.24) is 4.90 Å². The zero-order valence-corrected chi connectivity index (χ0v) is 17.9. The van der Waals surface area contributed by atoms with Crippen LogP contribution in [-0.2, 0) is 9.53 Å². The number of hydrogen-bond donors (Lipinski definition) is 0. The normalized spacial score (nSPS) is 14.6. The molecule has 152 valence electrons. The number of amides is 1. The molecule has 1 aliphatic heterocycles. The number of carbonyl (C=O) groups excluding carboxylic acids is 1. The monoisotopic (exact) mass is 437 g/mol. The summed E-state index contributed by atoms with van der Waals surface area (Å²) in [4.78, 5) is 14.7. The molecule has 1 amide bonds.